The molecule has 3 N–H and O–H groups in total. The summed E-state index contributed by atoms with van der Waals surface area (Å²) in [7, 11) is 0. The summed E-state index contributed by atoms with van der Waals surface area (Å²) in [6.07, 6.45) is 0.906. The van der Waals surface area contributed by atoms with Gasteiger partial charge in [0.1, 0.15) is 5.41 Å². The van der Waals surface area contributed by atoms with E-state index in [0.29, 0.717) is 6.54 Å². The van der Waals surface area contributed by atoms with Gasteiger partial charge in [-0.1, -0.05) is 6.92 Å². The molecule has 0 aromatic heterocycles. The van der Waals surface area contributed by atoms with Gasteiger partial charge in [-0.15, -0.1) is 0 Å². The Hall–Kier alpha value is -0.950. The van der Waals surface area contributed by atoms with Crippen LogP contribution in [0.15, 0.2) is 0 Å². The SMILES string of the molecule is CCSCCCNC(=O)NC1COCC1(C)C(=O)O. The molecule has 1 saturated heterocycles. The molecule has 6 nitrogen and oxygen atoms in total. The molecule has 1 rings (SSSR count). The second-order valence-corrected chi connectivity index (χ2v) is 6.13. The van der Waals surface area contributed by atoms with E-state index in [0.717, 1.165) is 17.9 Å². The average Bonchev–Trinajstić information content (AvgIpc) is 2.72. The van der Waals surface area contributed by atoms with Crippen molar-refractivity contribution in [3.63, 3.8) is 0 Å². The van der Waals surface area contributed by atoms with Crippen molar-refractivity contribution in [1.82, 2.24) is 10.6 Å². The fourth-order valence-corrected chi connectivity index (χ4v) is 2.45. The normalized spacial score (nSPS) is 26.1. The molecule has 2 unspecified atom stereocenters. The molecule has 1 aliphatic heterocycles. The molecule has 0 aromatic rings. The molecule has 0 bridgehead atoms. The van der Waals surface area contributed by atoms with Crippen LogP contribution in [0.3, 0.4) is 0 Å². The molecule has 1 aliphatic rings. The summed E-state index contributed by atoms with van der Waals surface area (Å²) in [6.45, 7) is 4.64. The molecule has 0 spiro atoms. The lowest BCUT2D eigenvalue weighted by Crippen LogP contribution is -2.52. The van der Waals surface area contributed by atoms with Gasteiger partial charge in [0.2, 0.25) is 0 Å². The summed E-state index contributed by atoms with van der Waals surface area (Å²) in [5.74, 6) is 1.13. The highest BCUT2D eigenvalue weighted by atomic mass is 32.2. The van der Waals surface area contributed by atoms with Crippen LogP contribution >= 0.6 is 11.8 Å². The number of carbonyl (C=O) groups excluding carboxylic acids is 1. The van der Waals surface area contributed by atoms with Crippen molar-refractivity contribution in [3.05, 3.63) is 0 Å². The van der Waals surface area contributed by atoms with E-state index in [9.17, 15) is 14.7 Å². The van der Waals surface area contributed by atoms with E-state index >= 15 is 0 Å². The van der Waals surface area contributed by atoms with Gasteiger partial charge in [0.15, 0.2) is 0 Å². The Bertz CT molecular complexity index is 327. The van der Waals surface area contributed by atoms with Crippen LogP contribution in [-0.2, 0) is 9.53 Å². The third-order valence-electron chi connectivity index (χ3n) is 3.20. The molecule has 1 fully saturated rings. The van der Waals surface area contributed by atoms with E-state index in [2.05, 4.69) is 17.6 Å². The zero-order valence-electron chi connectivity index (χ0n) is 11.4. The topological polar surface area (TPSA) is 87.7 Å². The first kappa shape index (κ1) is 16.1. The lowest BCUT2D eigenvalue weighted by atomic mass is 9.85. The third kappa shape index (κ3) is 4.58. The van der Waals surface area contributed by atoms with Crippen LogP contribution in [0.25, 0.3) is 0 Å². The fourth-order valence-electron chi connectivity index (χ4n) is 1.81. The smallest absolute Gasteiger partial charge is 0.315 e. The van der Waals surface area contributed by atoms with Crippen molar-refractivity contribution < 1.29 is 19.4 Å². The fraction of sp³-hybridized carbons (Fsp3) is 0.833. The number of nitrogens with one attached hydrogen (secondary N) is 2. The number of aliphatic carboxylic acids is 1. The number of carbonyl (C=O) groups is 2. The molecule has 0 radical (unpaired) electrons. The lowest BCUT2D eigenvalue weighted by molar-refractivity contribution is -0.148. The Morgan fingerprint density at radius 3 is 2.89 bits per heavy atom. The van der Waals surface area contributed by atoms with Crippen molar-refractivity contribution in [2.24, 2.45) is 5.41 Å². The first-order chi connectivity index (χ1) is 9.00. The Labute approximate surface area is 117 Å². The zero-order chi connectivity index (χ0) is 14.3. The molecular formula is C12H22N2O4S. The van der Waals surface area contributed by atoms with E-state index in [-0.39, 0.29) is 19.2 Å². The molecular weight excluding hydrogens is 268 g/mol. The van der Waals surface area contributed by atoms with Crippen LogP contribution in [0.4, 0.5) is 4.79 Å². The maximum atomic E-state index is 11.7. The molecule has 0 aliphatic carbocycles. The second kappa shape index (κ2) is 7.59. The summed E-state index contributed by atoms with van der Waals surface area (Å²) in [5.41, 5.74) is -1.05. The van der Waals surface area contributed by atoms with E-state index in [1.807, 2.05) is 11.8 Å². The van der Waals surface area contributed by atoms with E-state index in [4.69, 9.17) is 4.74 Å². The Kier molecular flexibility index (Phi) is 6.44. The number of urea groups is 1. The predicted octanol–water partition coefficient (Wildman–Crippen LogP) is 0.918. The number of hydrogen-bond donors (Lipinski definition) is 3. The first-order valence-electron chi connectivity index (χ1n) is 6.44. The molecule has 0 aromatic carbocycles. The molecule has 19 heavy (non-hydrogen) atoms. The van der Waals surface area contributed by atoms with Crippen LogP contribution in [0.2, 0.25) is 0 Å². The van der Waals surface area contributed by atoms with Crippen molar-refractivity contribution in [2.75, 3.05) is 31.3 Å². The van der Waals surface area contributed by atoms with E-state index in [1.165, 1.54) is 0 Å². The highest BCUT2D eigenvalue weighted by Gasteiger charge is 2.47. The van der Waals surface area contributed by atoms with Gasteiger partial charge in [0.25, 0.3) is 0 Å². The minimum absolute atomic E-state index is 0.125. The van der Waals surface area contributed by atoms with Crippen LogP contribution in [-0.4, -0.2) is 54.4 Å². The Morgan fingerprint density at radius 1 is 1.53 bits per heavy atom. The van der Waals surface area contributed by atoms with Crippen molar-refractivity contribution in [3.8, 4) is 0 Å². The lowest BCUT2D eigenvalue weighted by Gasteiger charge is -2.25. The number of thioether (sulfide) groups is 1. The Morgan fingerprint density at radius 2 is 2.26 bits per heavy atom. The molecule has 0 saturated carbocycles. The third-order valence-corrected chi connectivity index (χ3v) is 4.19. The maximum Gasteiger partial charge on any atom is 0.315 e. The van der Waals surface area contributed by atoms with Gasteiger partial charge in [-0.25, -0.2) is 4.79 Å². The van der Waals surface area contributed by atoms with Gasteiger partial charge in [-0.2, -0.15) is 11.8 Å². The molecule has 2 atom stereocenters. The number of carboxylic acid groups (broad SMARTS) is 1. The van der Waals surface area contributed by atoms with Crippen LogP contribution in [0, 0.1) is 5.41 Å². The van der Waals surface area contributed by atoms with Crippen molar-refractivity contribution in [2.45, 2.75) is 26.3 Å². The van der Waals surface area contributed by atoms with Gasteiger partial charge < -0.3 is 20.5 Å². The van der Waals surface area contributed by atoms with Gasteiger partial charge in [0.05, 0.1) is 19.3 Å². The number of amides is 2. The monoisotopic (exact) mass is 290 g/mol. The molecule has 1 heterocycles. The number of ether oxygens (including phenoxy) is 1. The summed E-state index contributed by atoms with van der Waals surface area (Å²) in [6, 6.07) is -0.820. The van der Waals surface area contributed by atoms with Crippen molar-refractivity contribution >= 4 is 23.8 Å². The minimum Gasteiger partial charge on any atom is -0.481 e. The number of hydrogen-bond acceptors (Lipinski definition) is 4. The van der Waals surface area contributed by atoms with Crippen LogP contribution in [0.5, 0.6) is 0 Å². The summed E-state index contributed by atoms with van der Waals surface area (Å²) >= 11 is 1.83. The van der Waals surface area contributed by atoms with Gasteiger partial charge in [-0.3, -0.25) is 4.79 Å². The largest absolute Gasteiger partial charge is 0.481 e. The standard InChI is InChI=1S/C12H22N2O4S/c1-3-19-6-4-5-13-11(17)14-9-7-18-8-12(9,2)10(15)16/h9H,3-8H2,1-2H3,(H,15,16)(H2,13,14,17). The second-order valence-electron chi connectivity index (χ2n) is 4.74. The molecule has 110 valence electrons. The number of rotatable bonds is 7. The average molecular weight is 290 g/mol. The van der Waals surface area contributed by atoms with Gasteiger partial charge >= 0.3 is 12.0 Å². The van der Waals surface area contributed by atoms with E-state index in [1.54, 1.807) is 6.92 Å². The van der Waals surface area contributed by atoms with E-state index < -0.39 is 17.4 Å². The maximum absolute atomic E-state index is 11.7. The summed E-state index contributed by atoms with van der Waals surface area (Å²) in [5, 5.41) is 14.6. The van der Waals surface area contributed by atoms with Crippen LogP contribution in [0.1, 0.15) is 20.3 Å². The van der Waals surface area contributed by atoms with Gasteiger partial charge in [-0.05, 0) is 24.9 Å². The minimum atomic E-state index is -1.05. The highest BCUT2D eigenvalue weighted by Crippen LogP contribution is 2.28. The quantitative estimate of drug-likeness (QED) is 0.607. The molecule has 2 amide bonds. The predicted molar refractivity (Wildman–Crippen MR) is 74.5 cm³/mol. The van der Waals surface area contributed by atoms with Crippen molar-refractivity contribution in [1.29, 1.82) is 0 Å². The van der Waals surface area contributed by atoms with Crippen LogP contribution < -0.4 is 10.6 Å². The number of carboxylic acids is 1. The first-order valence-corrected chi connectivity index (χ1v) is 7.59. The summed E-state index contributed by atoms with van der Waals surface area (Å²) < 4.78 is 5.17. The summed E-state index contributed by atoms with van der Waals surface area (Å²) in [4.78, 5) is 22.9. The Balaban J connectivity index is 2.30. The van der Waals surface area contributed by atoms with Gasteiger partial charge in [0, 0.05) is 6.54 Å². The molecule has 7 heteroatoms. The highest BCUT2D eigenvalue weighted by molar-refractivity contribution is 7.99. The zero-order valence-corrected chi connectivity index (χ0v) is 12.2.